The maximum absolute atomic E-state index is 5.38. The summed E-state index contributed by atoms with van der Waals surface area (Å²) in [6.07, 6.45) is 5.84. The fourth-order valence-electron chi connectivity index (χ4n) is 1.85. The van der Waals surface area contributed by atoms with Crippen LogP contribution in [0.1, 0.15) is 33.1 Å². The molecular weight excluding hydrogens is 198 g/mol. The number of nitrogens with zero attached hydrogens (tertiary/aromatic N) is 1. The van der Waals surface area contributed by atoms with Gasteiger partial charge in [-0.3, -0.25) is 0 Å². The van der Waals surface area contributed by atoms with Crippen LogP contribution in [0.3, 0.4) is 0 Å². The molecule has 0 N–H and O–H groups in total. The molecule has 2 unspecified atom stereocenters. The fourth-order valence-corrected chi connectivity index (χ4v) is 2.94. The van der Waals surface area contributed by atoms with E-state index in [4.69, 9.17) is 12.2 Å². The van der Waals surface area contributed by atoms with Crippen molar-refractivity contribution in [2.24, 2.45) is 11.8 Å². The van der Waals surface area contributed by atoms with Crippen molar-refractivity contribution in [2.75, 3.05) is 12.8 Å². The third kappa shape index (κ3) is 2.84. The van der Waals surface area contributed by atoms with Gasteiger partial charge in [0.25, 0.3) is 0 Å². The van der Waals surface area contributed by atoms with Gasteiger partial charge in [0, 0.05) is 19.2 Å². The Labute approximate surface area is 91.4 Å². The second kappa shape index (κ2) is 5.20. The minimum Gasteiger partial charge on any atom is -0.311 e. The van der Waals surface area contributed by atoms with Crippen LogP contribution < -0.4 is 0 Å². The standard InChI is InChI=1S/C10H19NS2/c1-4-8(2)9-5-6-11(13-3)10(12)7-9/h8-9H,4-7H2,1-3H3. The number of hydrogen-bond acceptors (Lipinski definition) is 2. The van der Waals surface area contributed by atoms with Gasteiger partial charge in [0.2, 0.25) is 0 Å². The van der Waals surface area contributed by atoms with Crippen LogP contribution in [0.15, 0.2) is 0 Å². The summed E-state index contributed by atoms with van der Waals surface area (Å²) in [7, 11) is 0. The van der Waals surface area contributed by atoms with Gasteiger partial charge in [-0.15, -0.1) is 0 Å². The molecule has 3 heteroatoms. The van der Waals surface area contributed by atoms with Gasteiger partial charge in [-0.25, -0.2) is 0 Å². The van der Waals surface area contributed by atoms with E-state index in [-0.39, 0.29) is 0 Å². The molecular formula is C10H19NS2. The van der Waals surface area contributed by atoms with Crippen molar-refractivity contribution >= 4 is 29.2 Å². The molecule has 13 heavy (non-hydrogen) atoms. The summed E-state index contributed by atoms with van der Waals surface area (Å²) in [6.45, 7) is 5.77. The van der Waals surface area contributed by atoms with Crippen LogP contribution in [0.2, 0.25) is 0 Å². The van der Waals surface area contributed by atoms with Gasteiger partial charge in [-0.1, -0.05) is 44.4 Å². The summed E-state index contributed by atoms with van der Waals surface area (Å²) in [5.41, 5.74) is 0. The van der Waals surface area contributed by atoms with E-state index in [9.17, 15) is 0 Å². The Balaban J connectivity index is 2.45. The molecule has 0 aliphatic carbocycles. The summed E-state index contributed by atoms with van der Waals surface area (Å²) in [4.78, 5) is 1.16. The smallest absolute Gasteiger partial charge is 0.0881 e. The molecule has 76 valence electrons. The number of thiocarbonyl (C=S) groups is 1. The van der Waals surface area contributed by atoms with E-state index >= 15 is 0 Å². The van der Waals surface area contributed by atoms with Crippen LogP contribution >= 0.6 is 24.2 Å². The monoisotopic (exact) mass is 217 g/mol. The number of piperidine rings is 1. The molecule has 0 spiro atoms. The Bertz CT molecular complexity index is 182. The molecule has 0 radical (unpaired) electrons. The lowest BCUT2D eigenvalue weighted by Crippen LogP contribution is -2.34. The second-order valence-electron chi connectivity index (χ2n) is 3.82. The minimum absolute atomic E-state index is 0.834. The first-order valence-electron chi connectivity index (χ1n) is 5.03. The maximum atomic E-state index is 5.38. The van der Waals surface area contributed by atoms with Gasteiger partial charge in [0.05, 0.1) is 4.99 Å². The van der Waals surface area contributed by atoms with Gasteiger partial charge in [0.15, 0.2) is 0 Å². The van der Waals surface area contributed by atoms with E-state index in [2.05, 4.69) is 24.4 Å². The van der Waals surface area contributed by atoms with Crippen molar-refractivity contribution in [3.63, 3.8) is 0 Å². The lowest BCUT2D eigenvalue weighted by Gasteiger charge is -2.34. The zero-order valence-corrected chi connectivity index (χ0v) is 10.4. The van der Waals surface area contributed by atoms with Crippen molar-refractivity contribution in [2.45, 2.75) is 33.1 Å². The van der Waals surface area contributed by atoms with Crippen LogP contribution in [0.4, 0.5) is 0 Å². The Kier molecular flexibility index (Phi) is 4.53. The predicted octanol–water partition coefficient (Wildman–Crippen LogP) is 3.35. The highest BCUT2D eigenvalue weighted by atomic mass is 32.2. The van der Waals surface area contributed by atoms with Crippen LogP contribution in [0.5, 0.6) is 0 Å². The Morgan fingerprint density at radius 1 is 1.69 bits per heavy atom. The average Bonchev–Trinajstić information content (AvgIpc) is 2.16. The molecule has 1 fully saturated rings. The molecule has 1 saturated heterocycles. The number of hydrogen-bond donors (Lipinski definition) is 0. The van der Waals surface area contributed by atoms with E-state index in [1.807, 2.05) is 0 Å². The zero-order valence-electron chi connectivity index (χ0n) is 8.75. The Morgan fingerprint density at radius 3 is 2.85 bits per heavy atom. The quantitative estimate of drug-likeness (QED) is 0.527. The molecule has 1 nitrogen and oxygen atoms in total. The minimum atomic E-state index is 0.834. The fraction of sp³-hybridized carbons (Fsp3) is 0.900. The van der Waals surface area contributed by atoms with Crippen molar-refractivity contribution in [1.29, 1.82) is 0 Å². The average molecular weight is 217 g/mol. The first-order chi connectivity index (χ1) is 6.19. The van der Waals surface area contributed by atoms with E-state index < -0.39 is 0 Å². The van der Waals surface area contributed by atoms with E-state index in [0.29, 0.717) is 0 Å². The first-order valence-corrected chi connectivity index (χ1v) is 6.62. The number of rotatable bonds is 3. The highest BCUT2D eigenvalue weighted by Crippen LogP contribution is 2.30. The van der Waals surface area contributed by atoms with Crippen LogP contribution in [-0.4, -0.2) is 22.1 Å². The van der Waals surface area contributed by atoms with Crippen molar-refractivity contribution < 1.29 is 0 Å². The lowest BCUT2D eigenvalue weighted by atomic mass is 9.84. The highest BCUT2D eigenvalue weighted by Gasteiger charge is 2.25. The molecule has 0 amide bonds. The summed E-state index contributed by atoms with van der Waals surface area (Å²) in [6, 6.07) is 0. The third-order valence-electron chi connectivity index (χ3n) is 3.09. The summed E-state index contributed by atoms with van der Waals surface area (Å²) in [5.74, 6) is 1.67. The topological polar surface area (TPSA) is 3.24 Å². The molecule has 1 rings (SSSR count). The van der Waals surface area contributed by atoms with Gasteiger partial charge in [0.1, 0.15) is 0 Å². The molecule has 0 aromatic rings. The maximum Gasteiger partial charge on any atom is 0.0881 e. The molecule has 2 atom stereocenters. The SMILES string of the molecule is CCC(C)C1CCN(SC)C(=S)C1. The molecule has 1 aliphatic rings. The summed E-state index contributed by atoms with van der Waals surface area (Å²) >= 11 is 7.14. The van der Waals surface area contributed by atoms with Crippen LogP contribution in [0, 0.1) is 11.8 Å². The second-order valence-corrected chi connectivity index (χ2v) is 5.09. The Hall–Kier alpha value is 0.240. The van der Waals surface area contributed by atoms with E-state index in [0.717, 1.165) is 29.8 Å². The van der Waals surface area contributed by atoms with Gasteiger partial charge >= 0.3 is 0 Å². The van der Waals surface area contributed by atoms with Gasteiger partial charge in [-0.2, -0.15) is 0 Å². The molecule has 0 aromatic carbocycles. The van der Waals surface area contributed by atoms with Crippen molar-refractivity contribution in [3.05, 3.63) is 0 Å². The van der Waals surface area contributed by atoms with Crippen LogP contribution in [0.25, 0.3) is 0 Å². The molecule has 0 bridgehead atoms. The van der Waals surface area contributed by atoms with Crippen molar-refractivity contribution in [3.8, 4) is 0 Å². The van der Waals surface area contributed by atoms with Gasteiger partial charge in [-0.05, 0) is 18.3 Å². The normalized spacial score (nSPS) is 26.2. The highest BCUT2D eigenvalue weighted by molar-refractivity contribution is 7.97. The zero-order chi connectivity index (χ0) is 9.84. The Morgan fingerprint density at radius 2 is 2.38 bits per heavy atom. The molecule has 1 heterocycles. The summed E-state index contributed by atoms with van der Waals surface area (Å²) in [5, 5.41) is 0. The lowest BCUT2D eigenvalue weighted by molar-refractivity contribution is 0.301. The molecule has 1 aliphatic heterocycles. The van der Waals surface area contributed by atoms with Crippen molar-refractivity contribution in [1.82, 2.24) is 4.31 Å². The first kappa shape index (κ1) is 11.3. The predicted molar refractivity (Wildman–Crippen MR) is 65.0 cm³/mol. The van der Waals surface area contributed by atoms with Gasteiger partial charge < -0.3 is 4.31 Å². The summed E-state index contributed by atoms with van der Waals surface area (Å²) < 4.78 is 2.26. The molecule has 0 aromatic heterocycles. The van der Waals surface area contributed by atoms with E-state index in [1.165, 1.54) is 12.8 Å². The third-order valence-corrected chi connectivity index (χ3v) is 4.43. The van der Waals surface area contributed by atoms with E-state index in [1.54, 1.807) is 11.9 Å². The largest absolute Gasteiger partial charge is 0.311 e. The van der Waals surface area contributed by atoms with Crippen LogP contribution in [-0.2, 0) is 0 Å². The molecule has 0 saturated carbocycles.